The predicted octanol–water partition coefficient (Wildman–Crippen LogP) is 1.55. The summed E-state index contributed by atoms with van der Waals surface area (Å²) in [4.78, 5) is 15.8. The molecule has 0 N–H and O–H groups in total. The summed E-state index contributed by atoms with van der Waals surface area (Å²) in [5, 5.41) is 4.21. The Morgan fingerprint density at radius 3 is 2.88 bits per heavy atom. The van der Waals surface area contributed by atoms with Crippen LogP contribution < -0.4 is 0 Å². The second-order valence-corrected chi connectivity index (χ2v) is 3.74. The third-order valence-electron chi connectivity index (χ3n) is 2.42. The van der Waals surface area contributed by atoms with Crippen molar-refractivity contribution in [3.8, 4) is 0 Å². The maximum absolute atomic E-state index is 11.9. The summed E-state index contributed by atoms with van der Waals surface area (Å²) < 4.78 is 1.74. The molecule has 0 saturated heterocycles. The standard InChI is InChI=1S/C12H13N3O/c1-9-6-11(15(2)14-9)7-12(16)10-4-3-5-13-8-10/h3-6,8H,7H2,1-2H3. The Kier molecular flexibility index (Phi) is 2.81. The van der Waals surface area contributed by atoms with Crippen LogP contribution in [0.1, 0.15) is 21.7 Å². The van der Waals surface area contributed by atoms with E-state index < -0.39 is 0 Å². The van der Waals surface area contributed by atoms with Crippen LogP contribution >= 0.6 is 0 Å². The van der Waals surface area contributed by atoms with Crippen LogP contribution in [-0.2, 0) is 13.5 Å². The lowest BCUT2D eigenvalue weighted by Crippen LogP contribution is -2.07. The molecule has 0 spiro atoms. The predicted molar refractivity (Wildman–Crippen MR) is 60.2 cm³/mol. The zero-order chi connectivity index (χ0) is 11.5. The van der Waals surface area contributed by atoms with Crippen molar-refractivity contribution in [2.24, 2.45) is 7.05 Å². The van der Waals surface area contributed by atoms with Gasteiger partial charge in [0.2, 0.25) is 0 Å². The smallest absolute Gasteiger partial charge is 0.170 e. The first-order chi connectivity index (χ1) is 7.66. The topological polar surface area (TPSA) is 47.8 Å². The van der Waals surface area contributed by atoms with Crippen LogP contribution in [0.5, 0.6) is 0 Å². The highest BCUT2D eigenvalue weighted by Gasteiger charge is 2.10. The van der Waals surface area contributed by atoms with E-state index in [1.54, 1.807) is 29.2 Å². The first kappa shape index (κ1) is 10.5. The highest BCUT2D eigenvalue weighted by Crippen LogP contribution is 2.07. The molecule has 0 unspecified atom stereocenters. The Morgan fingerprint density at radius 1 is 1.50 bits per heavy atom. The molecule has 0 bridgehead atoms. The maximum atomic E-state index is 11.9. The normalized spacial score (nSPS) is 10.4. The Hall–Kier alpha value is -1.97. The quantitative estimate of drug-likeness (QED) is 0.730. The first-order valence-corrected chi connectivity index (χ1v) is 5.09. The molecular weight excluding hydrogens is 202 g/mol. The van der Waals surface area contributed by atoms with Crippen molar-refractivity contribution in [3.05, 3.63) is 47.5 Å². The molecule has 0 fully saturated rings. The monoisotopic (exact) mass is 215 g/mol. The van der Waals surface area contributed by atoms with Crippen molar-refractivity contribution in [1.82, 2.24) is 14.8 Å². The molecule has 0 atom stereocenters. The third kappa shape index (κ3) is 2.16. The number of ketones is 1. The number of rotatable bonds is 3. The fourth-order valence-corrected chi connectivity index (χ4v) is 1.62. The number of pyridine rings is 1. The lowest BCUT2D eigenvalue weighted by molar-refractivity contribution is 0.0990. The Morgan fingerprint density at radius 2 is 2.31 bits per heavy atom. The highest BCUT2D eigenvalue weighted by molar-refractivity contribution is 5.96. The molecule has 16 heavy (non-hydrogen) atoms. The number of Topliss-reactive ketones (excluding diaryl/α,β-unsaturated/α-hetero) is 1. The van der Waals surface area contributed by atoms with E-state index in [0.29, 0.717) is 12.0 Å². The minimum Gasteiger partial charge on any atom is -0.294 e. The molecule has 2 aromatic rings. The van der Waals surface area contributed by atoms with E-state index in [0.717, 1.165) is 11.4 Å². The zero-order valence-corrected chi connectivity index (χ0v) is 9.34. The van der Waals surface area contributed by atoms with Gasteiger partial charge in [-0.15, -0.1) is 0 Å². The van der Waals surface area contributed by atoms with Crippen LogP contribution in [0.25, 0.3) is 0 Å². The van der Waals surface area contributed by atoms with Crippen molar-refractivity contribution in [1.29, 1.82) is 0 Å². The number of nitrogens with zero attached hydrogens (tertiary/aromatic N) is 3. The number of hydrogen-bond acceptors (Lipinski definition) is 3. The number of hydrogen-bond donors (Lipinski definition) is 0. The van der Waals surface area contributed by atoms with E-state index in [2.05, 4.69) is 10.1 Å². The molecule has 2 rings (SSSR count). The average molecular weight is 215 g/mol. The summed E-state index contributed by atoms with van der Waals surface area (Å²) in [5.41, 5.74) is 2.49. The third-order valence-corrected chi connectivity index (χ3v) is 2.42. The summed E-state index contributed by atoms with van der Waals surface area (Å²) in [7, 11) is 1.85. The van der Waals surface area contributed by atoms with Crippen LogP contribution in [-0.4, -0.2) is 20.5 Å². The van der Waals surface area contributed by atoms with Crippen LogP contribution in [0.2, 0.25) is 0 Å². The van der Waals surface area contributed by atoms with E-state index in [1.165, 1.54) is 0 Å². The molecule has 0 saturated carbocycles. The number of aryl methyl sites for hydroxylation is 2. The summed E-state index contributed by atoms with van der Waals surface area (Å²) in [6.07, 6.45) is 3.61. The lowest BCUT2D eigenvalue weighted by Gasteiger charge is -2.00. The van der Waals surface area contributed by atoms with Crippen molar-refractivity contribution < 1.29 is 4.79 Å². The molecule has 0 aromatic carbocycles. The Balaban J connectivity index is 2.17. The minimum absolute atomic E-state index is 0.0658. The van der Waals surface area contributed by atoms with E-state index >= 15 is 0 Å². The van der Waals surface area contributed by atoms with E-state index in [4.69, 9.17) is 0 Å². The van der Waals surface area contributed by atoms with Crippen LogP contribution in [0.3, 0.4) is 0 Å². The molecule has 0 amide bonds. The van der Waals surface area contributed by atoms with Gasteiger partial charge < -0.3 is 0 Å². The zero-order valence-electron chi connectivity index (χ0n) is 9.34. The van der Waals surface area contributed by atoms with Gasteiger partial charge in [-0.05, 0) is 25.1 Å². The fraction of sp³-hybridized carbons (Fsp3) is 0.250. The van der Waals surface area contributed by atoms with Crippen LogP contribution in [0, 0.1) is 6.92 Å². The van der Waals surface area contributed by atoms with Gasteiger partial charge in [0.25, 0.3) is 0 Å². The van der Waals surface area contributed by atoms with E-state index in [1.807, 2.05) is 20.0 Å². The van der Waals surface area contributed by atoms with Gasteiger partial charge in [0.1, 0.15) is 0 Å². The molecule has 4 nitrogen and oxygen atoms in total. The highest BCUT2D eigenvalue weighted by atomic mass is 16.1. The van der Waals surface area contributed by atoms with Crippen LogP contribution in [0.4, 0.5) is 0 Å². The molecule has 0 aliphatic heterocycles. The van der Waals surface area contributed by atoms with Gasteiger partial charge in [-0.25, -0.2) is 0 Å². The Bertz CT molecular complexity index is 502. The van der Waals surface area contributed by atoms with Gasteiger partial charge in [-0.2, -0.15) is 5.10 Å². The van der Waals surface area contributed by atoms with Crippen molar-refractivity contribution in [3.63, 3.8) is 0 Å². The second-order valence-electron chi connectivity index (χ2n) is 3.74. The molecule has 0 radical (unpaired) electrons. The molecule has 0 aliphatic rings. The van der Waals surface area contributed by atoms with Gasteiger partial charge in [-0.1, -0.05) is 0 Å². The van der Waals surface area contributed by atoms with Gasteiger partial charge in [0.15, 0.2) is 5.78 Å². The van der Waals surface area contributed by atoms with E-state index in [-0.39, 0.29) is 5.78 Å². The van der Waals surface area contributed by atoms with Crippen molar-refractivity contribution >= 4 is 5.78 Å². The van der Waals surface area contributed by atoms with Gasteiger partial charge in [0, 0.05) is 30.7 Å². The SMILES string of the molecule is Cc1cc(CC(=O)c2cccnc2)n(C)n1. The first-order valence-electron chi connectivity index (χ1n) is 5.09. The summed E-state index contributed by atoms with van der Waals surface area (Å²) in [6.45, 7) is 1.91. The average Bonchev–Trinajstić information content (AvgIpc) is 2.59. The van der Waals surface area contributed by atoms with Crippen molar-refractivity contribution in [2.45, 2.75) is 13.3 Å². The largest absolute Gasteiger partial charge is 0.294 e. The molecule has 82 valence electrons. The molecular formula is C12H13N3O. The summed E-state index contributed by atoms with van der Waals surface area (Å²) >= 11 is 0. The molecule has 4 heteroatoms. The number of carbonyl (C=O) groups is 1. The summed E-state index contributed by atoms with van der Waals surface area (Å²) in [6, 6.07) is 5.47. The summed E-state index contributed by atoms with van der Waals surface area (Å²) in [5.74, 6) is 0.0658. The van der Waals surface area contributed by atoms with E-state index in [9.17, 15) is 4.79 Å². The number of carbonyl (C=O) groups excluding carboxylic acids is 1. The maximum Gasteiger partial charge on any atom is 0.170 e. The van der Waals surface area contributed by atoms with Crippen LogP contribution in [0.15, 0.2) is 30.6 Å². The second kappa shape index (κ2) is 4.26. The fourth-order valence-electron chi connectivity index (χ4n) is 1.62. The number of aromatic nitrogens is 3. The molecule has 2 aromatic heterocycles. The van der Waals surface area contributed by atoms with Crippen molar-refractivity contribution in [2.75, 3.05) is 0 Å². The molecule has 2 heterocycles. The minimum atomic E-state index is 0.0658. The lowest BCUT2D eigenvalue weighted by atomic mass is 10.1. The van der Waals surface area contributed by atoms with Gasteiger partial charge in [-0.3, -0.25) is 14.5 Å². The van der Waals surface area contributed by atoms with Gasteiger partial charge >= 0.3 is 0 Å². The van der Waals surface area contributed by atoms with Gasteiger partial charge in [0.05, 0.1) is 12.1 Å². The molecule has 0 aliphatic carbocycles. The Labute approximate surface area is 93.9 Å².